The number of para-hydroxylation sites is 1. The fraction of sp³-hybridized carbons (Fsp3) is 0.125. The van der Waals surface area contributed by atoms with Gasteiger partial charge in [0.15, 0.2) is 9.84 Å². The first-order chi connectivity index (χ1) is 12.4. The van der Waals surface area contributed by atoms with Crippen molar-refractivity contribution in [3.63, 3.8) is 0 Å². The molecule has 3 aromatic rings. The molecule has 10 heteroatoms. The fourth-order valence-electron chi connectivity index (χ4n) is 2.08. The molecule has 2 aromatic heterocycles. The van der Waals surface area contributed by atoms with Gasteiger partial charge in [0.25, 0.3) is 5.22 Å². The monoisotopic (exact) mass is 390 g/mol. The maximum atomic E-state index is 12.1. The van der Waals surface area contributed by atoms with Crippen LogP contribution in [0.4, 0.5) is 5.69 Å². The number of carbonyl (C=O) groups excluding carboxylic acids is 1. The number of anilines is 1. The molecule has 2 heterocycles. The molecular formula is C16H14N4O4S2. The van der Waals surface area contributed by atoms with Crippen molar-refractivity contribution in [3.05, 3.63) is 48.8 Å². The van der Waals surface area contributed by atoms with Gasteiger partial charge < -0.3 is 9.73 Å². The lowest BCUT2D eigenvalue weighted by molar-refractivity contribution is -0.113. The van der Waals surface area contributed by atoms with Crippen LogP contribution >= 0.6 is 11.8 Å². The summed E-state index contributed by atoms with van der Waals surface area (Å²) in [6.45, 7) is 0. The van der Waals surface area contributed by atoms with Crippen molar-refractivity contribution >= 4 is 33.2 Å². The minimum atomic E-state index is -3.44. The van der Waals surface area contributed by atoms with Crippen molar-refractivity contribution in [1.82, 2.24) is 15.2 Å². The largest absolute Gasteiger partial charge is 0.411 e. The lowest BCUT2D eigenvalue weighted by atomic mass is 10.3. The number of thioether (sulfide) groups is 1. The summed E-state index contributed by atoms with van der Waals surface area (Å²) in [4.78, 5) is 16.2. The summed E-state index contributed by atoms with van der Waals surface area (Å²) in [5.41, 5.74) is 0.917. The molecule has 0 fully saturated rings. The molecule has 8 nitrogen and oxygen atoms in total. The van der Waals surface area contributed by atoms with E-state index in [0.717, 1.165) is 18.0 Å². The van der Waals surface area contributed by atoms with Crippen LogP contribution in [0.5, 0.6) is 0 Å². The Kier molecular flexibility index (Phi) is 5.33. The summed E-state index contributed by atoms with van der Waals surface area (Å²) in [7, 11) is -3.44. The fourth-order valence-corrected chi connectivity index (χ4v) is 3.49. The molecule has 1 amide bonds. The molecule has 0 saturated heterocycles. The average molecular weight is 390 g/mol. The Hall–Kier alpha value is -2.72. The van der Waals surface area contributed by atoms with Crippen LogP contribution < -0.4 is 5.32 Å². The number of aromatic nitrogens is 3. The van der Waals surface area contributed by atoms with Crippen LogP contribution in [0.3, 0.4) is 0 Å². The molecule has 3 rings (SSSR count). The number of rotatable bonds is 6. The van der Waals surface area contributed by atoms with E-state index in [4.69, 9.17) is 4.42 Å². The van der Waals surface area contributed by atoms with Crippen LogP contribution in [-0.2, 0) is 14.6 Å². The van der Waals surface area contributed by atoms with E-state index >= 15 is 0 Å². The highest BCUT2D eigenvalue weighted by atomic mass is 32.2. The first-order valence-corrected chi connectivity index (χ1v) is 10.3. The van der Waals surface area contributed by atoms with E-state index in [1.165, 1.54) is 12.1 Å². The van der Waals surface area contributed by atoms with E-state index in [0.29, 0.717) is 11.5 Å². The summed E-state index contributed by atoms with van der Waals surface area (Å²) in [5, 5.41) is 10.6. The number of hydrogen-bond acceptors (Lipinski definition) is 8. The van der Waals surface area contributed by atoms with Crippen LogP contribution in [0.25, 0.3) is 11.5 Å². The van der Waals surface area contributed by atoms with E-state index in [-0.39, 0.29) is 27.5 Å². The van der Waals surface area contributed by atoms with E-state index in [9.17, 15) is 13.2 Å². The minimum Gasteiger partial charge on any atom is -0.411 e. The summed E-state index contributed by atoms with van der Waals surface area (Å²) >= 11 is 1.05. The van der Waals surface area contributed by atoms with Crippen molar-refractivity contribution < 1.29 is 17.6 Å². The lowest BCUT2D eigenvalue weighted by Gasteiger charge is -2.08. The highest BCUT2D eigenvalue weighted by molar-refractivity contribution is 7.99. The van der Waals surface area contributed by atoms with Crippen LogP contribution in [0, 0.1) is 0 Å². The zero-order chi connectivity index (χ0) is 18.6. The molecule has 0 unspecified atom stereocenters. The van der Waals surface area contributed by atoms with Crippen molar-refractivity contribution in [2.75, 3.05) is 17.3 Å². The molecule has 1 aromatic carbocycles. The number of amides is 1. The lowest BCUT2D eigenvalue weighted by Crippen LogP contribution is -2.16. The second-order valence-corrected chi connectivity index (χ2v) is 8.13. The third-order valence-corrected chi connectivity index (χ3v) is 5.18. The zero-order valence-electron chi connectivity index (χ0n) is 13.6. The van der Waals surface area contributed by atoms with Gasteiger partial charge in [-0.3, -0.25) is 9.78 Å². The molecule has 0 spiro atoms. The van der Waals surface area contributed by atoms with Crippen molar-refractivity contribution in [2.24, 2.45) is 0 Å². The molecule has 0 radical (unpaired) electrons. The summed E-state index contributed by atoms with van der Waals surface area (Å²) in [6, 6.07) is 9.75. The molecule has 26 heavy (non-hydrogen) atoms. The maximum absolute atomic E-state index is 12.1. The Labute approximate surface area is 154 Å². The highest BCUT2D eigenvalue weighted by Crippen LogP contribution is 2.24. The topological polar surface area (TPSA) is 115 Å². The second kappa shape index (κ2) is 7.67. The van der Waals surface area contributed by atoms with Crippen molar-refractivity contribution in [3.8, 4) is 11.5 Å². The van der Waals surface area contributed by atoms with Gasteiger partial charge in [-0.05, 0) is 24.3 Å². The van der Waals surface area contributed by atoms with Gasteiger partial charge in [-0.15, -0.1) is 10.2 Å². The number of sulfone groups is 1. The van der Waals surface area contributed by atoms with Gasteiger partial charge in [0.2, 0.25) is 11.8 Å². The van der Waals surface area contributed by atoms with Crippen LogP contribution in [0.1, 0.15) is 0 Å². The molecule has 0 atom stereocenters. The number of pyridine rings is 1. The number of nitrogens with zero attached hydrogens (tertiary/aromatic N) is 3. The third-order valence-electron chi connectivity index (χ3n) is 3.20. The molecule has 1 N–H and O–H groups in total. The third kappa shape index (κ3) is 4.46. The highest BCUT2D eigenvalue weighted by Gasteiger charge is 2.16. The Bertz CT molecular complexity index is 1020. The van der Waals surface area contributed by atoms with Gasteiger partial charge in [0, 0.05) is 18.6 Å². The Balaban J connectivity index is 1.63. The quantitative estimate of drug-likeness (QED) is 0.637. The molecule has 0 bridgehead atoms. The summed E-state index contributed by atoms with van der Waals surface area (Å²) in [5.74, 6) is -0.0806. The SMILES string of the molecule is CS(=O)(=O)c1ccccc1NC(=O)CSc1nnc(-c2cccnc2)o1. The first kappa shape index (κ1) is 18.1. The number of nitrogens with one attached hydrogen (secondary N) is 1. The van der Waals surface area contributed by atoms with E-state index in [2.05, 4.69) is 20.5 Å². The predicted octanol–water partition coefficient (Wildman–Crippen LogP) is 2.27. The molecule has 0 aliphatic heterocycles. The predicted molar refractivity (Wildman–Crippen MR) is 96.4 cm³/mol. The van der Waals surface area contributed by atoms with Crippen LogP contribution in [0.2, 0.25) is 0 Å². The van der Waals surface area contributed by atoms with E-state index < -0.39 is 9.84 Å². The Morgan fingerprint density at radius 2 is 2.00 bits per heavy atom. The Morgan fingerprint density at radius 3 is 2.73 bits per heavy atom. The van der Waals surface area contributed by atoms with Gasteiger partial charge in [-0.2, -0.15) is 0 Å². The first-order valence-electron chi connectivity index (χ1n) is 7.39. The van der Waals surface area contributed by atoms with Gasteiger partial charge in [-0.1, -0.05) is 23.9 Å². The summed E-state index contributed by atoms with van der Waals surface area (Å²) in [6.07, 6.45) is 4.32. The van der Waals surface area contributed by atoms with Gasteiger partial charge in [-0.25, -0.2) is 8.42 Å². The van der Waals surface area contributed by atoms with Gasteiger partial charge in [0.1, 0.15) is 0 Å². The summed E-state index contributed by atoms with van der Waals surface area (Å²) < 4.78 is 29.0. The van der Waals surface area contributed by atoms with Crippen LogP contribution in [0.15, 0.2) is 63.3 Å². The standard InChI is InChI=1S/C16H14N4O4S2/c1-26(22,23)13-7-3-2-6-12(13)18-14(21)10-25-16-20-19-15(24-16)11-5-4-8-17-9-11/h2-9H,10H2,1H3,(H,18,21). The molecule has 134 valence electrons. The number of benzene rings is 1. The van der Waals surface area contributed by atoms with E-state index in [1.807, 2.05) is 0 Å². The molecular weight excluding hydrogens is 376 g/mol. The number of hydrogen-bond donors (Lipinski definition) is 1. The van der Waals surface area contributed by atoms with Gasteiger partial charge in [0.05, 0.1) is 21.9 Å². The average Bonchev–Trinajstić information content (AvgIpc) is 3.09. The van der Waals surface area contributed by atoms with Crippen molar-refractivity contribution in [1.29, 1.82) is 0 Å². The number of carbonyl (C=O) groups is 1. The van der Waals surface area contributed by atoms with Crippen molar-refractivity contribution in [2.45, 2.75) is 10.1 Å². The van der Waals surface area contributed by atoms with E-state index in [1.54, 1.807) is 36.7 Å². The smallest absolute Gasteiger partial charge is 0.277 e. The minimum absolute atomic E-state index is 0.00717. The Morgan fingerprint density at radius 1 is 1.19 bits per heavy atom. The molecule has 0 aliphatic carbocycles. The molecule has 0 saturated carbocycles. The maximum Gasteiger partial charge on any atom is 0.277 e. The van der Waals surface area contributed by atoms with Gasteiger partial charge >= 0.3 is 0 Å². The normalized spacial score (nSPS) is 11.3. The zero-order valence-corrected chi connectivity index (χ0v) is 15.3. The second-order valence-electron chi connectivity index (χ2n) is 5.22. The van der Waals surface area contributed by atoms with Crippen LogP contribution in [-0.4, -0.2) is 41.5 Å². The molecule has 0 aliphatic rings.